The smallest absolute Gasteiger partial charge is 0.179 e. The minimum atomic E-state index is -0.347. The van der Waals surface area contributed by atoms with Crippen molar-refractivity contribution in [2.45, 2.75) is 19.5 Å². The van der Waals surface area contributed by atoms with Gasteiger partial charge < -0.3 is 9.73 Å². The van der Waals surface area contributed by atoms with Crippen LogP contribution in [-0.2, 0) is 6.54 Å². The van der Waals surface area contributed by atoms with Crippen LogP contribution in [0.5, 0.6) is 0 Å². The maximum atomic E-state index is 12.7. The van der Waals surface area contributed by atoms with Crippen molar-refractivity contribution in [3.05, 3.63) is 59.8 Å². The maximum Gasteiger partial charge on any atom is 0.179 e. The number of rotatable bonds is 5. The van der Waals surface area contributed by atoms with Gasteiger partial charge in [0, 0.05) is 5.56 Å². The lowest BCUT2D eigenvalue weighted by molar-refractivity contribution is 0.0949. The second-order valence-corrected chi connectivity index (χ2v) is 4.05. The summed E-state index contributed by atoms with van der Waals surface area (Å²) < 4.78 is 17.9. The van der Waals surface area contributed by atoms with E-state index in [1.54, 1.807) is 19.3 Å². The molecule has 0 spiro atoms. The zero-order valence-corrected chi connectivity index (χ0v) is 10.0. The molecule has 3 nitrogen and oxygen atoms in total. The van der Waals surface area contributed by atoms with Crippen molar-refractivity contribution >= 4 is 5.78 Å². The van der Waals surface area contributed by atoms with Gasteiger partial charge in [0.2, 0.25) is 0 Å². The van der Waals surface area contributed by atoms with Gasteiger partial charge in [-0.2, -0.15) is 0 Å². The van der Waals surface area contributed by atoms with Gasteiger partial charge in [-0.25, -0.2) is 4.39 Å². The van der Waals surface area contributed by atoms with Crippen molar-refractivity contribution in [2.75, 3.05) is 0 Å². The Morgan fingerprint density at radius 2 is 2.06 bits per heavy atom. The van der Waals surface area contributed by atoms with Crippen LogP contribution < -0.4 is 5.32 Å². The Morgan fingerprint density at radius 3 is 2.67 bits per heavy atom. The van der Waals surface area contributed by atoms with E-state index in [0.717, 1.165) is 5.76 Å². The number of benzene rings is 1. The van der Waals surface area contributed by atoms with Gasteiger partial charge in [-0.05, 0) is 43.3 Å². The second kappa shape index (κ2) is 5.60. The molecule has 4 heteroatoms. The van der Waals surface area contributed by atoms with E-state index in [2.05, 4.69) is 5.32 Å². The third kappa shape index (κ3) is 3.05. The van der Waals surface area contributed by atoms with Crippen LogP contribution in [0, 0.1) is 5.82 Å². The third-order valence-corrected chi connectivity index (χ3v) is 2.68. The first kappa shape index (κ1) is 12.5. The van der Waals surface area contributed by atoms with Gasteiger partial charge in [0.05, 0.1) is 18.8 Å². The maximum absolute atomic E-state index is 12.7. The third-order valence-electron chi connectivity index (χ3n) is 2.68. The lowest BCUT2D eigenvalue weighted by Crippen LogP contribution is -2.33. The Balaban J connectivity index is 1.94. The van der Waals surface area contributed by atoms with E-state index in [0.29, 0.717) is 12.1 Å². The van der Waals surface area contributed by atoms with E-state index in [1.165, 1.54) is 24.3 Å². The highest BCUT2D eigenvalue weighted by Crippen LogP contribution is 2.07. The van der Waals surface area contributed by atoms with Crippen LogP contribution in [-0.4, -0.2) is 11.8 Å². The molecule has 1 N–H and O–H groups in total. The number of Topliss-reactive ketones (excluding diaryl/α,β-unsaturated/α-hetero) is 1. The largest absolute Gasteiger partial charge is 0.468 e. The van der Waals surface area contributed by atoms with Gasteiger partial charge in [0.15, 0.2) is 5.78 Å². The summed E-state index contributed by atoms with van der Waals surface area (Å²) in [6, 6.07) is 8.83. The lowest BCUT2D eigenvalue weighted by atomic mass is 10.1. The minimum absolute atomic E-state index is 0.0680. The molecule has 0 amide bonds. The summed E-state index contributed by atoms with van der Waals surface area (Å²) in [6.07, 6.45) is 1.59. The molecule has 0 aliphatic heterocycles. The first-order valence-corrected chi connectivity index (χ1v) is 5.72. The zero-order valence-electron chi connectivity index (χ0n) is 10.0. The van der Waals surface area contributed by atoms with Crippen molar-refractivity contribution in [1.82, 2.24) is 5.32 Å². The number of carbonyl (C=O) groups excluding carboxylic acids is 1. The van der Waals surface area contributed by atoms with Crippen LogP contribution in [0.15, 0.2) is 47.1 Å². The summed E-state index contributed by atoms with van der Waals surface area (Å²) >= 11 is 0. The van der Waals surface area contributed by atoms with Gasteiger partial charge >= 0.3 is 0 Å². The van der Waals surface area contributed by atoms with Crippen molar-refractivity contribution in [1.29, 1.82) is 0 Å². The molecule has 0 saturated carbocycles. The van der Waals surface area contributed by atoms with Crippen molar-refractivity contribution in [3.63, 3.8) is 0 Å². The zero-order chi connectivity index (χ0) is 13.0. The fourth-order valence-electron chi connectivity index (χ4n) is 1.62. The fraction of sp³-hybridized carbons (Fsp3) is 0.214. The number of ketones is 1. The van der Waals surface area contributed by atoms with Gasteiger partial charge in [0.1, 0.15) is 11.6 Å². The molecule has 18 heavy (non-hydrogen) atoms. The quantitative estimate of drug-likeness (QED) is 0.826. The summed E-state index contributed by atoms with van der Waals surface area (Å²) in [7, 11) is 0. The van der Waals surface area contributed by atoms with Crippen LogP contribution >= 0.6 is 0 Å². The number of furan rings is 1. The molecule has 0 saturated heterocycles. The second-order valence-electron chi connectivity index (χ2n) is 4.05. The first-order valence-electron chi connectivity index (χ1n) is 5.72. The van der Waals surface area contributed by atoms with E-state index < -0.39 is 0 Å². The lowest BCUT2D eigenvalue weighted by Gasteiger charge is -2.11. The summed E-state index contributed by atoms with van der Waals surface area (Å²) in [4.78, 5) is 12.0. The van der Waals surface area contributed by atoms with Crippen molar-refractivity contribution < 1.29 is 13.6 Å². The molecule has 0 fully saturated rings. The van der Waals surface area contributed by atoms with Gasteiger partial charge in [0.25, 0.3) is 0 Å². The standard InChI is InChI=1S/C14H14FNO2/c1-10(16-9-13-3-2-8-18-13)14(17)11-4-6-12(15)7-5-11/h2-8,10,16H,9H2,1H3. The average molecular weight is 247 g/mol. The van der Waals surface area contributed by atoms with E-state index in [9.17, 15) is 9.18 Å². The molecule has 2 rings (SSSR count). The molecule has 1 unspecified atom stereocenters. The van der Waals surface area contributed by atoms with E-state index >= 15 is 0 Å². The SMILES string of the molecule is CC(NCc1ccco1)C(=O)c1ccc(F)cc1. The molecular formula is C14H14FNO2. The Bertz CT molecular complexity index is 505. The Morgan fingerprint density at radius 1 is 1.33 bits per heavy atom. The first-order chi connectivity index (χ1) is 8.66. The molecule has 0 aliphatic rings. The van der Waals surface area contributed by atoms with Gasteiger partial charge in [-0.3, -0.25) is 4.79 Å². The van der Waals surface area contributed by atoms with Crippen LogP contribution in [0.25, 0.3) is 0 Å². The molecule has 1 heterocycles. The molecular weight excluding hydrogens is 233 g/mol. The number of nitrogens with one attached hydrogen (secondary N) is 1. The van der Waals surface area contributed by atoms with Crippen LogP contribution in [0.3, 0.4) is 0 Å². The predicted octanol–water partition coefficient (Wildman–Crippen LogP) is 2.78. The number of halogens is 1. The van der Waals surface area contributed by atoms with Crippen molar-refractivity contribution in [2.24, 2.45) is 0 Å². The molecule has 1 atom stereocenters. The summed E-state index contributed by atoms with van der Waals surface area (Å²) in [5.74, 6) is 0.359. The van der Waals surface area contributed by atoms with E-state index in [4.69, 9.17) is 4.42 Å². The number of carbonyl (C=O) groups is 1. The molecule has 1 aromatic heterocycles. The summed E-state index contributed by atoms with van der Waals surface area (Å²) in [5, 5.41) is 3.06. The Hall–Kier alpha value is -1.94. The highest BCUT2D eigenvalue weighted by atomic mass is 19.1. The summed E-state index contributed by atoms with van der Waals surface area (Å²) in [5.41, 5.74) is 0.496. The minimum Gasteiger partial charge on any atom is -0.468 e. The summed E-state index contributed by atoms with van der Waals surface area (Å²) in [6.45, 7) is 2.26. The van der Waals surface area contributed by atoms with Gasteiger partial charge in [-0.1, -0.05) is 0 Å². The van der Waals surface area contributed by atoms with E-state index in [1.807, 2.05) is 6.07 Å². The number of hydrogen-bond acceptors (Lipinski definition) is 3. The fourth-order valence-corrected chi connectivity index (χ4v) is 1.62. The molecule has 1 aromatic carbocycles. The molecule has 94 valence electrons. The predicted molar refractivity (Wildman–Crippen MR) is 65.7 cm³/mol. The molecule has 0 bridgehead atoms. The molecule has 2 aromatic rings. The van der Waals surface area contributed by atoms with Gasteiger partial charge in [-0.15, -0.1) is 0 Å². The van der Waals surface area contributed by atoms with E-state index in [-0.39, 0.29) is 17.6 Å². The molecule has 0 radical (unpaired) electrons. The normalized spacial score (nSPS) is 12.3. The number of hydrogen-bond donors (Lipinski definition) is 1. The highest BCUT2D eigenvalue weighted by Gasteiger charge is 2.14. The highest BCUT2D eigenvalue weighted by molar-refractivity contribution is 5.99. The Kier molecular flexibility index (Phi) is 3.89. The van der Waals surface area contributed by atoms with Crippen molar-refractivity contribution in [3.8, 4) is 0 Å². The average Bonchev–Trinajstić information content (AvgIpc) is 2.89. The van der Waals surface area contributed by atoms with Crippen LogP contribution in [0.1, 0.15) is 23.0 Å². The Labute approximate surface area is 105 Å². The molecule has 0 aliphatic carbocycles. The monoisotopic (exact) mass is 247 g/mol. The van der Waals surface area contributed by atoms with Crippen LogP contribution in [0.2, 0.25) is 0 Å². The van der Waals surface area contributed by atoms with Crippen LogP contribution in [0.4, 0.5) is 4.39 Å². The topological polar surface area (TPSA) is 42.2 Å².